The Morgan fingerprint density at radius 3 is 2.53 bits per heavy atom. The minimum atomic E-state index is -2.50. The summed E-state index contributed by atoms with van der Waals surface area (Å²) >= 11 is 0. The first-order valence-electron chi connectivity index (χ1n) is 5.25. The van der Waals surface area contributed by atoms with Crippen LogP contribution in [-0.4, -0.2) is 17.9 Å². The van der Waals surface area contributed by atoms with Crippen LogP contribution < -0.4 is 5.32 Å². The Morgan fingerprint density at radius 1 is 1.53 bits per heavy atom. The topological polar surface area (TPSA) is 29.1 Å². The van der Waals surface area contributed by atoms with Crippen LogP contribution in [-0.2, 0) is 4.79 Å². The van der Waals surface area contributed by atoms with Gasteiger partial charge in [0.1, 0.15) is 0 Å². The number of rotatable bonds is 3. The van der Waals surface area contributed by atoms with Crippen molar-refractivity contribution in [3.05, 3.63) is 12.7 Å². The molecule has 0 aromatic rings. The van der Waals surface area contributed by atoms with Crippen molar-refractivity contribution >= 4 is 5.91 Å². The van der Waals surface area contributed by atoms with Crippen molar-refractivity contribution in [2.24, 2.45) is 5.92 Å². The summed E-state index contributed by atoms with van der Waals surface area (Å²) < 4.78 is 25.7. The molecule has 2 nitrogen and oxygen atoms in total. The van der Waals surface area contributed by atoms with E-state index in [0.717, 1.165) is 0 Å². The van der Waals surface area contributed by atoms with Crippen LogP contribution in [0, 0.1) is 5.92 Å². The number of halogens is 2. The van der Waals surface area contributed by atoms with Crippen LogP contribution in [0.4, 0.5) is 8.78 Å². The number of amides is 1. The molecule has 1 N–H and O–H groups in total. The number of nitrogens with one attached hydrogen (secondary N) is 1. The molecule has 0 radical (unpaired) electrons. The summed E-state index contributed by atoms with van der Waals surface area (Å²) in [6.07, 6.45) is 2.03. The molecule has 4 heteroatoms. The van der Waals surface area contributed by atoms with Gasteiger partial charge in [0.15, 0.2) is 0 Å². The number of hydrogen-bond donors (Lipinski definition) is 1. The van der Waals surface area contributed by atoms with E-state index >= 15 is 0 Å². The van der Waals surface area contributed by atoms with Crippen LogP contribution in [0.25, 0.3) is 0 Å². The van der Waals surface area contributed by atoms with Crippen molar-refractivity contribution in [1.29, 1.82) is 0 Å². The monoisotopic (exact) mass is 217 g/mol. The SMILES string of the molecule is C=CC(=O)NC(C)C1CCC(F)(F)CC1. The second kappa shape index (κ2) is 4.73. The van der Waals surface area contributed by atoms with E-state index in [1.54, 1.807) is 0 Å². The Bertz CT molecular complexity index is 243. The molecule has 0 aromatic carbocycles. The fourth-order valence-corrected chi connectivity index (χ4v) is 1.96. The minimum absolute atomic E-state index is 0.0494. The molecule has 0 aliphatic heterocycles. The molecule has 15 heavy (non-hydrogen) atoms. The van der Waals surface area contributed by atoms with E-state index in [-0.39, 0.29) is 30.7 Å². The van der Waals surface area contributed by atoms with Crippen molar-refractivity contribution in [3.63, 3.8) is 0 Å². The standard InChI is InChI=1S/C11H17F2NO/c1-3-10(15)14-8(2)9-4-6-11(12,13)7-5-9/h3,8-9H,1,4-7H2,2H3,(H,14,15). The summed E-state index contributed by atoms with van der Waals surface area (Å²) in [5.41, 5.74) is 0. The number of carbonyl (C=O) groups is 1. The van der Waals surface area contributed by atoms with Gasteiger partial charge < -0.3 is 5.32 Å². The molecular weight excluding hydrogens is 200 g/mol. The van der Waals surface area contributed by atoms with E-state index in [1.165, 1.54) is 6.08 Å². The smallest absolute Gasteiger partial charge is 0.248 e. The summed E-state index contributed by atoms with van der Waals surface area (Å²) in [6.45, 7) is 5.21. The molecule has 1 fully saturated rings. The maximum atomic E-state index is 12.9. The van der Waals surface area contributed by atoms with E-state index in [2.05, 4.69) is 11.9 Å². The molecule has 0 aromatic heterocycles. The maximum absolute atomic E-state index is 12.9. The first-order chi connectivity index (χ1) is 6.94. The molecule has 1 aliphatic carbocycles. The van der Waals surface area contributed by atoms with Gasteiger partial charge in [-0.1, -0.05) is 6.58 Å². The van der Waals surface area contributed by atoms with Gasteiger partial charge in [0.05, 0.1) is 0 Å². The first-order valence-corrected chi connectivity index (χ1v) is 5.25. The molecule has 1 rings (SSSR count). The van der Waals surface area contributed by atoms with Crippen LogP contribution in [0.1, 0.15) is 32.6 Å². The van der Waals surface area contributed by atoms with Crippen molar-refractivity contribution in [1.82, 2.24) is 5.32 Å². The van der Waals surface area contributed by atoms with Crippen LogP contribution >= 0.6 is 0 Å². The molecule has 86 valence electrons. The largest absolute Gasteiger partial charge is 0.350 e. The molecule has 1 saturated carbocycles. The fraction of sp³-hybridized carbons (Fsp3) is 0.727. The maximum Gasteiger partial charge on any atom is 0.248 e. The normalized spacial score (nSPS) is 23.1. The highest BCUT2D eigenvalue weighted by molar-refractivity contribution is 5.87. The Morgan fingerprint density at radius 2 is 2.07 bits per heavy atom. The van der Waals surface area contributed by atoms with Crippen LogP contribution in [0.15, 0.2) is 12.7 Å². The van der Waals surface area contributed by atoms with Gasteiger partial charge in [-0.15, -0.1) is 0 Å². The predicted molar refractivity (Wildman–Crippen MR) is 54.7 cm³/mol. The zero-order valence-corrected chi connectivity index (χ0v) is 8.93. The summed E-state index contributed by atoms with van der Waals surface area (Å²) in [7, 11) is 0. The second-order valence-electron chi connectivity index (χ2n) is 4.19. The molecule has 0 spiro atoms. The van der Waals surface area contributed by atoms with Gasteiger partial charge in [0.2, 0.25) is 11.8 Å². The van der Waals surface area contributed by atoms with Crippen LogP contribution in [0.2, 0.25) is 0 Å². The molecule has 0 heterocycles. The number of hydrogen-bond acceptors (Lipinski definition) is 1. The number of alkyl halides is 2. The van der Waals surface area contributed by atoms with E-state index in [4.69, 9.17) is 0 Å². The summed E-state index contributed by atoms with van der Waals surface area (Å²) in [5, 5.41) is 2.72. The average molecular weight is 217 g/mol. The van der Waals surface area contributed by atoms with Gasteiger partial charge in [0, 0.05) is 18.9 Å². The van der Waals surface area contributed by atoms with Gasteiger partial charge in [-0.2, -0.15) is 0 Å². The Balaban J connectivity index is 2.39. The van der Waals surface area contributed by atoms with Crippen LogP contribution in [0.3, 0.4) is 0 Å². The lowest BCUT2D eigenvalue weighted by Crippen LogP contribution is -2.40. The van der Waals surface area contributed by atoms with Crippen molar-refractivity contribution in [3.8, 4) is 0 Å². The van der Waals surface area contributed by atoms with Gasteiger partial charge in [-0.3, -0.25) is 4.79 Å². The van der Waals surface area contributed by atoms with Gasteiger partial charge in [-0.25, -0.2) is 8.78 Å². The first kappa shape index (κ1) is 12.1. The predicted octanol–water partition coefficient (Wildman–Crippen LogP) is 2.50. The third-order valence-electron chi connectivity index (χ3n) is 3.02. The Labute approximate surface area is 88.7 Å². The van der Waals surface area contributed by atoms with E-state index in [9.17, 15) is 13.6 Å². The van der Waals surface area contributed by atoms with E-state index < -0.39 is 5.92 Å². The van der Waals surface area contributed by atoms with E-state index in [1.807, 2.05) is 6.92 Å². The summed E-state index contributed by atoms with van der Waals surface area (Å²) in [4.78, 5) is 11.0. The van der Waals surface area contributed by atoms with Crippen molar-refractivity contribution in [2.45, 2.75) is 44.6 Å². The lowest BCUT2D eigenvalue weighted by Gasteiger charge is -2.32. The Hall–Kier alpha value is -0.930. The highest BCUT2D eigenvalue weighted by Gasteiger charge is 2.36. The summed E-state index contributed by atoms with van der Waals surface area (Å²) in [6, 6.07) is -0.0494. The fourth-order valence-electron chi connectivity index (χ4n) is 1.96. The van der Waals surface area contributed by atoms with Gasteiger partial charge in [0.25, 0.3) is 0 Å². The van der Waals surface area contributed by atoms with Crippen molar-refractivity contribution < 1.29 is 13.6 Å². The number of carbonyl (C=O) groups excluding carboxylic acids is 1. The molecule has 1 aliphatic rings. The lowest BCUT2D eigenvalue weighted by molar-refractivity contribution is -0.117. The van der Waals surface area contributed by atoms with Crippen LogP contribution in [0.5, 0.6) is 0 Å². The van der Waals surface area contributed by atoms with Crippen molar-refractivity contribution in [2.75, 3.05) is 0 Å². The Kier molecular flexibility index (Phi) is 3.83. The quantitative estimate of drug-likeness (QED) is 0.723. The second-order valence-corrected chi connectivity index (χ2v) is 4.19. The molecular formula is C11H17F2NO. The molecule has 0 saturated heterocycles. The summed E-state index contributed by atoms with van der Waals surface area (Å²) in [5.74, 6) is -2.58. The van der Waals surface area contributed by atoms with Gasteiger partial charge in [-0.05, 0) is 31.8 Å². The molecule has 1 atom stereocenters. The molecule has 1 amide bonds. The molecule has 1 unspecified atom stereocenters. The lowest BCUT2D eigenvalue weighted by atomic mass is 9.82. The average Bonchev–Trinajstić information content (AvgIpc) is 2.17. The zero-order valence-electron chi connectivity index (χ0n) is 8.93. The highest BCUT2D eigenvalue weighted by atomic mass is 19.3. The third kappa shape index (κ3) is 3.61. The minimum Gasteiger partial charge on any atom is -0.350 e. The third-order valence-corrected chi connectivity index (χ3v) is 3.02. The van der Waals surface area contributed by atoms with E-state index in [0.29, 0.717) is 12.8 Å². The highest BCUT2D eigenvalue weighted by Crippen LogP contribution is 2.37. The zero-order chi connectivity index (χ0) is 11.5. The van der Waals surface area contributed by atoms with Gasteiger partial charge >= 0.3 is 0 Å². The molecule has 0 bridgehead atoms.